The summed E-state index contributed by atoms with van der Waals surface area (Å²) in [6, 6.07) is 7.53. The second kappa shape index (κ2) is 7.25. The van der Waals surface area contributed by atoms with Crippen LogP contribution in [0.15, 0.2) is 12.1 Å². The van der Waals surface area contributed by atoms with Crippen molar-refractivity contribution >= 4 is 16.6 Å². The van der Waals surface area contributed by atoms with Crippen molar-refractivity contribution in [3.63, 3.8) is 0 Å². The van der Waals surface area contributed by atoms with Crippen molar-refractivity contribution in [1.29, 1.82) is 5.26 Å². The van der Waals surface area contributed by atoms with Gasteiger partial charge in [-0.15, -0.1) is 0 Å². The quantitative estimate of drug-likeness (QED) is 0.873. The number of pyridine rings is 1. The molecule has 0 atom stereocenters. The Labute approximate surface area is 166 Å². The molecule has 5 rings (SSSR count). The standard InChI is InChI=1S/C23H28N4O/c1-28-22-13-19-21(12-15(22)14-24)26-20-5-3-2-4-18(20)23(19)25-16-8-10-27(11-9-16)17-6-7-17/h12-13,16-17H,2-11H2,1H3,(H,25,26). The molecule has 1 saturated carbocycles. The molecule has 1 N–H and O–H groups in total. The van der Waals surface area contributed by atoms with Crippen LogP contribution in [0.5, 0.6) is 5.75 Å². The number of fused-ring (bicyclic) bond motifs is 2. The van der Waals surface area contributed by atoms with Crippen LogP contribution in [0.4, 0.5) is 5.69 Å². The fourth-order valence-electron chi connectivity index (χ4n) is 4.93. The van der Waals surface area contributed by atoms with Crippen molar-refractivity contribution in [2.24, 2.45) is 0 Å². The molecule has 28 heavy (non-hydrogen) atoms. The number of aryl methyl sites for hydroxylation is 1. The molecule has 0 amide bonds. The highest BCUT2D eigenvalue weighted by molar-refractivity contribution is 5.95. The lowest BCUT2D eigenvalue weighted by Gasteiger charge is -2.34. The summed E-state index contributed by atoms with van der Waals surface area (Å²) in [5.74, 6) is 0.638. The van der Waals surface area contributed by atoms with Gasteiger partial charge in [-0.25, -0.2) is 0 Å². The Morgan fingerprint density at radius 3 is 2.64 bits per heavy atom. The zero-order valence-electron chi connectivity index (χ0n) is 16.6. The van der Waals surface area contributed by atoms with Crippen molar-refractivity contribution < 1.29 is 4.74 Å². The first kappa shape index (κ1) is 17.8. The van der Waals surface area contributed by atoms with Gasteiger partial charge in [0.1, 0.15) is 11.8 Å². The number of anilines is 1. The number of nitrogens with one attached hydrogen (secondary N) is 1. The summed E-state index contributed by atoms with van der Waals surface area (Å²) in [5.41, 5.74) is 5.31. The first-order valence-corrected chi connectivity index (χ1v) is 10.7. The number of aromatic nitrogens is 1. The molecule has 5 heteroatoms. The number of ether oxygens (including phenoxy) is 1. The monoisotopic (exact) mass is 376 g/mol. The lowest BCUT2D eigenvalue weighted by Crippen LogP contribution is -2.40. The van der Waals surface area contributed by atoms with Gasteiger partial charge in [-0.1, -0.05) is 0 Å². The third-order valence-corrected chi connectivity index (χ3v) is 6.64. The summed E-state index contributed by atoms with van der Waals surface area (Å²) in [6.45, 7) is 2.41. The lowest BCUT2D eigenvalue weighted by molar-refractivity contribution is 0.210. The molecule has 2 fully saturated rings. The lowest BCUT2D eigenvalue weighted by atomic mass is 9.91. The highest BCUT2D eigenvalue weighted by Crippen LogP contribution is 2.38. The van der Waals surface area contributed by atoms with E-state index in [-0.39, 0.29) is 0 Å². The normalized spacial score (nSPS) is 20.6. The summed E-state index contributed by atoms with van der Waals surface area (Å²) in [5, 5.41) is 14.5. The van der Waals surface area contributed by atoms with Gasteiger partial charge in [0.05, 0.1) is 18.2 Å². The molecule has 5 nitrogen and oxygen atoms in total. The molecule has 146 valence electrons. The highest BCUT2D eigenvalue weighted by Gasteiger charge is 2.32. The fourth-order valence-corrected chi connectivity index (χ4v) is 4.93. The van der Waals surface area contributed by atoms with Crippen LogP contribution in [0.3, 0.4) is 0 Å². The van der Waals surface area contributed by atoms with E-state index in [1.165, 1.54) is 68.6 Å². The Morgan fingerprint density at radius 1 is 1.14 bits per heavy atom. The average molecular weight is 377 g/mol. The molecule has 1 aromatic heterocycles. The van der Waals surface area contributed by atoms with Crippen molar-refractivity contribution in [3.05, 3.63) is 29.0 Å². The van der Waals surface area contributed by atoms with Crippen molar-refractivity contribution in [1.82, 2.24) is 9.88 Å². The maximum atomic E-state index is 9.47. The zero-order chi connectivity index (χ0) is 19.1. The van der Waals surface area contributed by atoms with Gasteiger partial charge in [0.2, 0.25) is 0 Å². The van der Waals surface area contributed by atoms with E-state index in [9.17, 15) is 5.26 Å². The van der Waals surface area contributed by atoms with Crippen molar-refractivity contribution in [2.45, 2.75) is 63.5 Å². The third-order valence-electron chi connectivity index (χ3n) is 6.64. The minimum absolute atomic E-state index is 0.508. The molecule has 0 spiro atoms. The molecular weight excluding hydrogens is 348 g/mol. The summed E-state index contributed by atoms with van der Waals surface area (Å²) in [7, 11) is 1.63. The van der Waals surface area contributed by atoms with Gasteiger partial charge >= 0.3 is 0 Å². The number of rotatable bonds is 4. The van der Waals surface area contributed by atoms with Crippen LogP contribution >= 0.6 is 0 Å². The number of nitriles is 1. The highest BCUT2D eigenvalue weighted by atomic mass is 16.5. The van der Waals surface area contributed by atoms with Gasteiger partial charge in [-0.3, -0.25) is 4.98 Å². The number of likely N-dealkylation sites (tertiary alicyclic amines) is 1. The minimum Gasteiger partial charge on any atom is -0.495 e. The van der Waals surface area contributed by atoms with Gasteiger partial charge < -0.3 is 15.0 Å². The van der Waals surface area contributed by atoms with E-state index in [0.717, 1.165) is 29.8 Å². The molecule has 3 aliphatic rings. The number of hydrogen-bond donors (Lipinski definition) is 1. The Kier molecular flexibility index (Phi) is 4.60. The van der Waals surface area contributed by atoms with E-state index in [0.29, 0.717) is 17.4 Å². The van der Waals surface area contributed by atoms with Crippen LogP contribution in [0, 0.1) is 11.3 Å². The molecule has 0 bridgehead atoms. The topological polar surface area (TPSA) is 61.2 Å². The smallest absolute Gasteiger partial charge is 0.137 e. The molecule has 1 saturated heterocycles. The molecule has 1 aromatic carbocycles. The van der Waals surface area contributed by atoms with E-state index in [4.69, 9.17) is 9.72 Å². The summed E-state index contributed by atoms with van der Waals surface area (Å²) in [4.78, 5) is 7.61. The number of methoxy groups -OCH3 is 1. The van der Waals surface area contributed by atoms with Crippen LogP contribution < -0.4 is 10.1 Å². The Hall–Kier alpha value is -2.32. The largest absolute Gasteiger partial charge is 0.495 e. The molecule has 2 aromatic rings. The first-order valence-electron chi connectivity index (χ1n) is 10.7. The van der Waals surface area contributed by atoms with E-state index < -0.39 is 0 Å². The van der Waals surface area contributed by atoms with Crippen molar-refractivity contribution in [3.8, 4) is 11.8 Å². The number of hydrogen-bond acceptors (Lipinski definition) is 5. The summed E-state index contributed by atoms with van der Waals surface area (Å²) >= 11 is 0. The molecular formula is C23H28N4O. The SMILES string of the molecule is COc1cc2c(NC3CCN(C4CC4)CC3)c3c(nc2cc1C#N)CCCC3. The molecule has 1 aliphatic heterocycles. The van der Waals surface area contributed by atoms with Gasteiger partial charge in [-0.05, 0) is 69.1 Å². The summed E-state index contributed by atoms with van der Waals surface area (Å²) in [6.07, 6.45) is 9.72. The minimum atomic E-state index is 0.508. The fraction of sp³-hybridized carbons (Fsp3) is 0.565. The van der Waals surface area contributed by atoms with E-state index in [1.54, 1.807) is 7.11 Å². The second-order valence-electron chi connectivity index (χ2n) is 8.49. The van der Waals surface area contributed by atoms with Gasteiger partial charge in [0.15, 0.2) is 0 Å². The number of benzene rings is 1. The Morgan fingerprint density at radius 2 is 1.93 bits per heavy atom. The predicted octanol–water partition coefficient (Wildman–Crippen LogP) is 4.03. The van der Waals surface area contributed by atoms with Crippen LogP contribution in [0.2, 0.25) is 0 Å². The maximum Gasteiger partial charge on any atom is 0.137 e. The molecule has 2 aliphatic carbocycles. The second-order valence-corrected chi connectivity index (χ2v) is 8.49. The van der Waals surface area contributed by atoms with E-state index in [1.807, 2.05) is 12.1 Å². The number of piperidine rings is 1. The van der Waals surface area contributed by atoms with Gasteiger partial charge in [0.25, 0.3) is 0 Å². The van der Waals surface area contributed by atoms with Crippen LogP contribution in [-0.2, 0) is 12.8 Å². The van der Waals surface area contributed by atoms with Crippen LogP contribution in [0.1, 0.15) is 55.3 Å². The Balaban J connectivity index is 1.52. The van der Waals surface area contributed by atoms with Crippen LogP contribution in [-0.4, -0.2) is 42.2 Å². The first-order chi connectivity index (χ1) is 13.8. The molecule has 0 unspecified atom stereocenters. The van der Waals surface area contributed by atoms with Crippen LogP contribution in [0.25, 0.3) is 10.9 Å². The summed E-state index contributed by atoms with van der Waals surface area (Å²) < 4.78 is 5.50. The van der Waals surface area contributed by atoms with E-state index in [2.05, 4.69) is 16.3 Å². The average Bonchev–Trinajstić information content (AvgIpc) is 3.58. The van der Waals surface area contributed by atoms with Gasteiger partial charge in [0, 0.05) is 41.9 Å². The molecule has 0 radical (unpaired) electrons. The molecule has 2 heterocycles. The predicted molar refractivity (Wildman–Crippen MR) is 111 cm³/mol. The maximum absolute atomic E-state index is 9.47. The third kappa shape index (κ3) is 3.20. The van der Waals surface area contributed by atoms with Crippen molar-refractivity contribution in [2.75, 3.05) is 25.5 Å². The number of nitrogens with zero attached hydrogens (tertiary/aromatic N) is 3. The zero-order valence-corrected chi connectivity index (χ0v) is 16.6. The van der Waals surface area contributed by atoms with E-state index >= 15 is 0 Å². The van der Waals surface area contributed by atoms with Gasteiger partial charge in [-0.2, -0.15) is 5.26 Å². The Bertz CT molecular complexity index is 936.